The number of fused-ring (bicyclic) bond motifs is 9. The number of aromatic nitrogens is 1. The smallest absolute Gasteiger partial charge is 0.227 e. The predicted molar refractivity (Wildman–Crippen MR) is 222 cm³/mol. The minimum atomic E-state index is -0.0651. The second-order valence-electron chi connectivity index (χ2n) is 14.8. The van der Waals surface area contributed by atoms with Gasteiger partial charge in [0.15, 0.2) is 5.58 Å². The van der Waals surface area contributed by atoms with Crippen molar-refractivity contribution in [3.05, 3.63) is 181 Å². The fourth-order valence-corrected chi connectivity index (χ4v) is 8.64. The van der Waals surface area contributed by atoms with Gasteiger partial charge in [0, 0.05) is 44.2 Å². The van der Waals surface area contributed by atoms with E-state index in [1.807, 2.05) is 42.5 Å². The van der Waals surface area contributed by atoms with Crippen LogP contribution in [0.1, 0.15) is 25.0 Å². The number of benzene rings is 8. The first-order chi connectivity index (χ1) is 26.5. The molecule has 0 unspecified atom stereocenters. The van der Waals surface area contributed by atoms with Crippen molar-refractivity contribution >= 4 is 60.9 Å². The molecule has 256 valence electrons. The van der Waals surface area contributed by atoms with Gasteiger partial charge in [-0.1, -0.05) is 117 Å². The molecule has 2 heterocycles. The number of para-hydroxylation sites is 1. The summed E-state index contributed by atoms with van der Waals surface area (Å²) in [4.78, 5) is 7.19. The normalized spacial score (nSPS) is 13.1. The molecule has 0 saturated heterocycles. The summed E-state index contributed by atoms with van der Waals surface area (Å²) < 4.78 is 12.6. The van der Waals surface area contributed by atoms with Crippen LogP contribution < -0.4 is 4.90 Å². The number of oxazole rings is 1. The fraction of sp³-hybridized carbons (Fsp3) is 0.0600. The molecule has 4 nitrogen and oxygen atoms in total. The van der Waals surface area contributed by atoms with Crippen LogP contribution in [0.15, 0.2) is 179 Å². The molecule has 0 N–H and O–H groups in total. The molecule has 0 atom stereocenters. The third-order valence-electron chi connectivity index (χ3n) is 11.3. The minimum Gasteiger partial charge on any atom is -0.456 e. The molecule has 0 spiro atoms. The zero-order valence-corrected chi connectivity index (χ0v) is 29.9. The average molecular weight is 695 g/mol. The van der Waals surface area contributed by atoms with Gasteiger partial charge in [0.1, 0.15) is 16.7 Å². The molecule has 0 saturated carbocycles. The maximum atomic E-state index is 6.40. The number of rotatable bonds is 5. The molecule has 4 heteroatoms. The first-order valence-corrected chi connectivity index (χ1v) is 18.5. The van der Waals surface area contributed by atoms with Gasteiger partial charge < -0.3 is 13.7 Å². The number of furan rings is 1. The van der Waals surface area contributed by atoms with E-state index in [0.717, 1.165) is 77.6 Å². The third-order valence-corrected chi connectivity index (χ3v) is 11.3. The molecule has 0 bridgehead atoms. The first kappa shape index (κ1) is 30.7. The zero-order valence-electron chi connectivity index (χ0n) is 29.9. The van der Waals surface area contributed by atoms with Crippen LogP contribution in [0.2, 0.25) is 0 Å². The van der Waals surface area contributed by atoms with Gasteiger partial charge >= 0.3 is 0 Å². The highest BCUT2D eigenvalue weighted by atomic mass is 16.3. The van der Waals surface area contributed by atoms with Gasteiger partial charge in [0.2, 0.25) is 5.89 Å². The summed E-state index contributed by atoms with van der Waals surface area (Å²) >= 11 is 0. The van der Waals surface area contributed by atoms with E-state index in [1.54, 1.807) is 0 Å². The quantitative estimate of drug-likeness (QED) is 0.180. The van der Waals surface area contributed by atoms with Crippen LogP contribution in [0.25, 0.3) is 77.5 Å². The maximum absolute atomic E-state index is 6.40. The molecule has 8 aromatic carbocycles. The van der Waals surface area contributed by atoms with Gasteiger partial charge in [-0.25, -0.2) is 4.98 Å². The van der Waals surface area contributed by atoms with Gasteiger partial charge in [-0.3, -0.25) is 0 Å². The lowest BCUT2D eigenvalue weighted by atomic mass is 9.82. The van der Waals surface area contributed by atoms with Crippen molar-refractivity contribution in [2.75, 3.05) is 4.90 Å². The van der Waals surface area contributed by atoms with Crippen LogP contribution in [0, 0.1) is 0 Å². The molecule has 1 aliphatic carbocycles. The Morgan fingerprint density at radius 1 is 0.444 bits per heavy atom. The van der Waals surface area contributed by atoms with Crippen molar-refractivity contribution in [2.24, 2.45) is 0 Å². The van der Waals surface area contributed by atoms with E-state index in [9.17, 15) is 0 Å². The summed E-state index contributed by atoms with van der Waals surface area (Å²) in [6.07, 6.45) is 0. The molecule has 0 radical (unpaired) electrons. The highest BCUT2D eigenvalue weighted by Crippen LogP contribution is 2.51. The van der Waals surface area contributed by atoms with Crippen molar-refractivity contribution in [3.63, 3.8) is 0 Å². The minimum absolute atomic E-state index is 0.0651. The van der Waals surface area contributed by atoms with Crippen molar-refractivity contribution in [3.8, 4) is 33.7 Å². The molecular weight excluding hydrogens is 661 g/mol. The Bertz CT molecular complexity index is 3080. The van der Waals surface area contributed by atoms with Gasteiger partial charge in [0.25, 0.3) is 0 Å². The second-order valence-corrected chi connectivity index (χ2v) is 14.8. The Hall–Kier alpha value is -6.91. The van der Waals surface area contributed by atoms with Crippen LogP contribution >= 0.6 is 0 Å². The Balaban J connectivity index is 1.05. The fourth-order valence-electron chi connectivity index (χ4n) is 8.64. The van der Waals surface area contributed by atoms with E-state index in [2.05, 4.69) is 146 Å². The van der Waals surface area contributed by atoms with Crippen molar-refractivity contribution < 1.29 is 8.83 Å². The van der Waals surface area contributed by atoms with Crippen LogP contribution in [0.5, 0.6) is 0 Å². The summed E-state index contributed by atoms with van der Waals surface area (Å²) in [7, 11) is 0. The van der Waals surface area contributed by atoms with Gasteiger partial charge in [-0.05, 0) is 105 Å². The molecular formula is C50H34N2O2. The Kier molecular flexibility index (Phi) is 6.56. The van der Waals surface area contributed by atoms with E-state index in [1.165, 1.54) is 22.3 Å². The maximum Gasteiger partial charge on any atom is 0.227 e. The lowest BCUT2D eigenvalue weighted by molar-refractivity contribution is 0.623. The number of anilines is 3. The number of hydrogen-bond donors (Lipinski definition) is 0. The Labute approximate surface area is 312 Å². The molecule has 0 aliphatic heterocycles. The summed E-state index contributed by atoms with van der Waals surface area (Å²) in [5.41, 5.74) is 15.2. The molecule has 0 fully saturated rings. The van der Waals surface area contributed by atoms with E-state index >= 15 is 0 Å². The number of hydrogen-bond acceptors (Lipinski definition) is 4. The van der Waals surface area contributed by atoms with Crippen LogP contribution in [-0.4, -0.2) is 4.98 Å². The monoisotopic (exact) mass is 694 g/mol. The summed E-state index contributed by atoms with van der Waals surface area (Å²) in [6.45, 7) is 4.66. The SMILES string of the molecule is CC1(C)c2ccccc2-c2cc(N(c3ccc(-c4cccc5c4ccc4nc(-c6ccccc6)oc45)cc3)c3ccc4oc5ccccc5c4c3)ccc21. The zero-order chi connectivity index (χ0) is 36.0. The third kappa shape index (κ3) is 4.60. The summed E-state index contributed by atoms with van der Waals surface area (Å²) in [6, 6.07) is 60.2. The summed E-state index contributed by atoms with van der Waals surface area (Å²) in [5, 5.41) is 4.39. The second kappa shape index (κ2) is 11.5. The van der Waals surface area contributed by atoms with Crippen LogP contribution in [0.4, 0.5) is 17.1 Å². The van der Waals surface area contributed by atoms with E-state index < -0.39 is 0 Å². The predicted octanol–water partition coefficient (Wildman–Crippen LogP) is 14.0. The largest absolute Gasteiger partial charge is 0.456 e. The van der Waals surface area contributed by atoms with Crippen LogP contribution in [-0.2, 0) is 5.41 Å². The molecule has 2 aromatic heterocycles. The lowest BCUT2D eigenvalue weighted by Gasteiger charge is -2.27. The summed E-state index contributed by atoms with van der Waals surface area (Å²) in [5.74, 6) is 0.633. The standard InChI is InChI=1S/C50H34N2O2/c1-50(2)43-17-8-6-13-38(43)41-29-34(23-26-44(41)50)52(35-24-28-47-42(30-35)39-14-7-9-18-46(39)53-47)33-21-19-31(20-22-33)36-15-10-16-40-37(36)25-27-45-48(40)54-49(51-45)32-11-4-3-5-12-32/h3-30H,1-2H3. The first-order valence-electron chi connectivity index (χ1n) is 18.5. The molecule has 1 aliphatic rings. The average Bonchev–Trinajstić information content (AvgIpc) is 3.89. The topological polar surface area (TPSA) is 42.4 Å². The Morgan fingerprint density at radius 3 is 2.02 bits per heavy atom. The highest BCUT2D eigenvalue weighted by molar-refractivity contribution is 6.09. The van der Waals surface area contributed by atoms with Crippen molar-refractivity contribution in [1.82, 2.24) is 4.98 Å². The van der Waals surface area contributed by atoms with E-state index in [4.69, 9.17) is 13.8 Å². The van der Waals surface area contributed by atoms with Crippen molar-refractivity contribution in [2.45, 2.75) is 19.3 Å². The molecule has 10 aromatic rings. The van der Waals surface area contributed by atoms with E-state index in [-0.39, 0.29) is 5.41 Å². The van der Waals surface area contributed by atoms with Crippen molar-refractivity contribution in [1.29, 1.82) is 0 Å². The van der Waals surface area contributed by atoms with Gasteiger partial charge in [-0.15, -0.1) is 0 Å². The molecule has 11 rings (SSSR count). The molecule has 0 amide bonds. The van der Waals surface area contributed by atoms with Gasteiger partial charge in [-0.2, -0.15) is 0 Å². The Morgan fingerprint density at radius 2 is 1.13 bits per heavy atom. The van der Waals surface area contributed by atoms with Crippen LogP contribution in [0.3, 0.4) is 0 Å². The lowest BCUT2D eigenvalue weighted by Crippen LogP contribution is -2.15. The van der Waals surface area contributed by atoms with Gasteiger partial charge in [0.05, 0.1) is 0 Å². The molecule has 54 heavy (non-hydrogen) atoms. The highest BCUT2D eigenvalue weighted by Gasteiger charge is 2.35. The number of nitrogens with zero attached hydrogens (tertiary/aromatic N) is 2. The van der Waals surface area contributed by atoms with E-state index in [0.29, 0.717) is 5.89 Å².